The van der Waals surface area contributed by atoms with Gasteiger partial charge in [-0.3, -0.25) is 0 Å². The third-order valence-electron chi connectivity index (χ3n) is 4.98. The van der Waals surface area contributed by atoms with Gasteiger partial charge < -0.3 is 16.1 Å². The molecule has 158 valence electrons. The molecule has 9 heteroatoms. The number of nitrogens with zero attached hydrogens (tertiary/aromatic N) is 3. The lowest BCUT2D eigenvalue weighted by Gasteiger charge is -2.20. The number of fused-ring (bicyclic) bond motifs is 1. The van der Waals surface area contributed by atoms with E-state index < -0.39 is 9.84 Å². The van der Waals surface area contributed by atoms with Crippen molar-refractivity contribution in [3.63, 3.8) is 0 Å². The quantitative estimate of drug-likeness (QED) is 0.312. The van der Waals surface area contributed by atoms with Crippen LogP contribution in [0.2, 0.25) is 0 Å². The van der Waals surface area contributed by atoms with Crippen LogP contribution in [0, 0.1) is 0 Å². The predicted octanol–water partition coefficient (Wildman–Crippen LogP) is 2.97. The second kappa shape index (κ2) is 8.21. The fourth-order valence-electron chi connectivity index (χ4n) is 3.36. The first-order valence-corrected chi connectivity index (χ1v) is 11.0. The van der Waals surface area contributed by atoms with Crippen molar-refractivity contribution in [2.24, 2.45) is 5.84 Å². The molecular weight excluding hydrogens is 412 g/mol. The maximum Gasteiger partial charge on any atom is 0.222 e. The van der Waals surface area contributed by atoms with Crippen molar-refractivity contribution in [3.05, 3.63) is 78.4 Å². The maximum absolute atomic E-state index is 12.8. The van der Waals surface area contributed by atoms with E-state index in [1.165, 1.54) is 0 Å². The molecular formula is C22H22N6O2S. The summed E-state index contributed by atoms with van der Waals surface area (Å²) < 4.78 is 25.5. The molecule has 4 aromatic rings. The lowest BCUT2D eigenvalue weighted by molar-refractivity contribution is 0.596. The van der Waals surface area contributed by atoms with Crippen LogP contribution in [0.3, 0.4) is 0 Å². The Balaban J connectivity index is 1.56. The zero-order chi connectivity index (χ0) is 22.0. The highest BCUT2D eigenvalue weighted by Gasteiger charge is 2.17. The van der Waals surface area contributed by atoms with Gasteiger partial charge in [-0.2, -0.15) is 4.98 Å². The third kappa shape index (κ3) is 4.14. The summed E-state index contributed by atoms with van der Waals surface area (Å²) in [6.07, 6.45) is 0. The molecule has 0 saturated carbocycles. The molecule has 0 unspecified atom stereocenters. The van der Waals surface area contributed by atoms with E-state index in [9.17, 15) is 8.42 Å². The lowest BCUT2D eigenvalue weighted by atomic mass is 10.1. The molecule has 0 spiro atoms. The number of anilines is 3. The van der Waals surface area contributed by atoms with Gasteiger partial charge in [-0.15, -0.1) is 0 Å². The molecule has 31 heavy (non-hydrogen) atoms. The Hall–Kier alpha value is -3.69. The molecule has 0 saturated heterocycles. The first-order chi connectivity index (χ1) is 14.9. The predicted molar refractivity (Wildman–Crippen MR) is 122 cm³/mol. The van der Waals surface area contributed by atoms with Crippen LogP contribution in [0.5, 0.6) is 0 Å². The highest BCUT2D eigenvalue weighted by atomic mass is 32.2. The van der Waals surface area contributed by atoms with E-state index in [1.807, 2.05) is 42.3 Å². The Bertz CT molecular complexity index is 1330. The number of hydrogen-bond donors (Lipinski definition) is 3. The molecule has 0 atom stereocenters. The highest BCUT2D eigenvalue weighted by Crippen LogP contribution is 2.27. The summed E-state index contributed by atoms with van der Waals surface area (Å²) in [5.41, 5.74) is 10.9. The van der Waals surface area contributed by atoms with Crippen LogP contribution in [-0.2, 0) is 16.4 Å². The number of sulfone groups is 1. The van der Waals surface area contributed by atoms with E-state index in [4.69, 9.17) is 11.6 Å². The molecule has 0 radical (unpaired) electrons. The number of rotatable bonds is 6. The van der Waals surface area contributed by atoms with Crippen LogP contribution in [0.15, 0.2) is 82.6 Å². The molecule has 3 aromatic carbocycles. The van der Waals surface area contributed by atoms with E-state index in [-0.39, 0.29) is 15.7 Å². The van der Waals surface area contributed by atoms with Crippen molar-refractivity contribution in [3.8, 4) is 0 Å². The Morgan fingerprint density at radius 3 is 2.29 bits per heavy atom. The maximum atomic E-state index is 12.8. The molecule has 0 bridgehead atoms. The molecule has 1 aromatic heterocycles. The Morgan fingerprint density at radius 2 is 1.61 bits per heavy atom. The zero-order valence-electron chi connectivity index (χ0n) is 16.9. The van der Waals surface area contributed by atoms with Crippen molar-refractivity contribution in [1.82, 2.24) is 9.97 Å². The van der Waals surface area contributed by atoms with E-state index in [1.54, 1.807) is 42.5 Å². The summed E-state index contributed by atoms with van der Waals surface area (Å²) >= 11 is 0. The molecule has 0 aliphatic carbocycles. The number of nitrogen functional groups attached to an aromatic ring is 2. The minimum Gasteiger partial charge on any atom is -0.370 e. The molecule has 0 amide bonds. The van der Waals surface area contributed by atoms with Crippen LogP contribution in [0.4, 0.5) is 17.5 Å². The van der Waals surface area contributed by atoms with Gasteiger partial charge >= 0.3 is 0 Å². The van der Waals surface area contributed by atoms with Gasteiger partial charge in [0.05, 0.1) is 15.3 Å². The van der Waals surface area contributed by atoms with Gasteiger partial charge in [-0.25, -0.2) is 19.2 Å². The summed E-state index contributed by atoms with van der Waals surface area (Å²) in [5.74, 6) is 6.16. The minimum absolute atomic E-state index is 0.145. The molecule has 0 aliphatic heterocycles. The van der Waals surface area contributed by atoms with Crippen LogP contribution < -0.4 is 21.9 Å². The molecule has 1 heterocycles. The van der Waals surface area contributed by atoms with Gasteiger partial charge in [0, 0.05) is 24.7 Å². The Labute approximate surface area is 180 Å². The largest absolute Gasteiger partial charge is 0.370 e. The summed E-state index contributed by atoms with van der Waals surface area (Å²) in [6.45, 7) is 0.582. The fraction of sp³-hybridized carbons (Fsp3) is 0.0909. The highest BCUT2D eigenvalue weighted by molar-refractivity contribution is 7.91. The summed E-state index contributed by atoms with van der Waals surface area (Å²) in [4.78, 5) is 10.9. The summed E-state index contributed by atoms with van der Waals surface area (Å²) in [6, 6.07) is 21.0. The van der Waals surface area contributed by atoms with Crippen LogP contribution in [0.25, 0.3) is 10.9 Å². The molecule has 4 rings (SSSR count). The summed E-state index contributed by atoms with van der Waals surface area (Å²) in [5, 5.41) is 0.755. The normalized spacial score (nSPS) is 11.4. The van der Waals surface area contributed by atoms with Gasteiger partial charge in [0.1, 0.15) is 0 Å². The van der Waals surface area contributed by atoms with Crippen molar-refractivity contribution in [1.29, 1.82) is 0 Å². The topological polar surface area (TPSA) is 127 Å². The lowest BCUT2D eigenvalue weighted by Crippen LogP contribution is -2.17. The first-order valence-electron chi connectivity index (χ1n) is 9.52. The second-order valence-corrected chi connectivity index (χ2v) is 9.04. The standard InChI is InChI=1S/C22H22N6O2S/c1-28(16-9-12-20-19(13-16)21(27-24)26-22(23)25-20)14-15-7-10-18(11-8-15)31(29,30)17-5-3-2-4-6-17/h2-13H,14,24H2,1H3,(H3,23,25,26,27). The number of hydrogen-bond acceptors (Lipinski definition) is 8. The summed E-state index contributed by atoms with van der Waals surface area (Å²) in [7, 11) is -1.58. The van der Waals surface area contributed by atoms with Crippen molar-refractivity contribution < 1.29 is 8.42 Å². The fourth-order valence-corrected chi connectivity index (χ4v) is 4.64. The van der Waals surface area contributed by atoms with E-state index >= 15 is 0 Å². The van der Waals surface area contributed by atoms with Crippen molar-refractivity contribution in [2.75, 3.05) is 23.1 Å². The molecule has 8 nitrogen and oxygen atoms in total. The zero-order valence-corrected chi connectivity index (χ0v) is 17.7. The van der Waals surface area contributed by atoms with Gasteiger partial charge in [0.15, 0.2) is 5.82 Å². The number of benzene rings is 3. The van der Waals surface area contributed by atoms with Crippen LogP contribution >= 0.6 is 0 Å². The monoisotopic (exact) mass is 434 g/mol. The van der Waals surface area contributed by atoms with Gasteiger partial charge in [0.25, 0.3) is 0 Å². The average Bonchev–Trinajstić information content (AvgIpc) is 2.79. The Kier molecular flexibility index (Phi) is 5.45. The van der Waals surface area contributed by atoms with E-state index in [0.29, 0.717) is 17.9 Å². The number of nitrogens with one attached hydrogen (secondary N) is 1. The average molecular weight is 435 g/mol. The van der Waals surface area contributed by atoms with Crippen LogP contribution in [-0.4, -0.2) is 25.4 Å². The number of nitrogens with two attached hydrogens (primary N) is 2. The van der Waals surface area contributed by atoms with Crippen molar-refractivity contribution in [2.45, 2.75) is 16.3 Å². The third-order valence-corrected chi connectivity index (χ3v) is 6.77. The minimum atomic E-state index is -3.53. The first kappa shape index (κ1) is 20.6. The number of aromatic nitrogens is 2. The van der Waals surface area contributed by atoms with E-state index in [0.717, 1.165) is 16.6 Å². The van der Waals surface area contributed by atoms with E-state index in [2.05, 4.69) is 15.4 Å². The SMILES string of the molecule is CN(Cc1ccc(S(=O)(=O)c2ccccc2)cc1)c1ccc2nc(N)nc(NN)c2c1. The molecule has 0 aliphatic rings. The smallest absolute Gasteiger partial charge is 0.222 e. The molecule has 5 N–H and O–H groups in total. The molecule has 0 fully saturated rings. The van der Waals surface area contributed by atoms with Crippen molar-refractivity contribution >= 4 is 38.2 Å². The second-order valence-electron chi connectivity index (χ2n) is 7.09. The van der Waals surface area contributed by atoms with Crippen LogP contribution in [0.1, 0.15) is 5.56 Å². The van der Waals surface area contributed by atoms with Gasteiger partial charge in [0.2, 0.25) is 15.8 Å². The van der Waals surface area contributed by atoms with Gasteiger partial charge in [-0.05, 0) is 48.0 Å². The Morgan fingerprint density at radius 1 is 0.935 bits per heavy atom. The van der Waals surface area contributed by atoms with Gasteiger partial charge in [-0.1, -0.05) is 30.3 Å². The number of hydrazine groups is 1.